The van der Waals surface area contributed by atoms with E-state index >= 15 is 0 Å². The number of carboxylic acids is 2. The van der Waals surface area contributed by atoms with Crippen LogP contribution in [-0.2, 0) is 0 Å². The minimum absolute atomic E-state index is 0.226. The first kappa shape index (κ1) is 30.7. The molecule has 0 atom stereocenters. The first-order valence-corrected chi connectivity index (χ1v) is 16.6. The van der Waals surface area contributed by atoms with Crippen molar-refractivity contribution >= 4 is 55.6 Å². The van der Waals surface area contributed by atoms with Gasteiger partial charge in [0, 0.05) is 43.8 Å². The standard InChI is InChI=1S/C44H26N4O4/c49-43(50)31-12-4-25(5-13-31)35-20-16-27-8-10-29-18-22-37(47-41(29)39(27)45-35)33-2-1-3-34(24-33)38-23-19-30-11-9-28-17-21-36(46-40(28)42(30)48-38)26-6-14-32(15-7-26)44(51)52/h1-24H,(H,49,50)(H,51,52). The van der Waals surface area contributed by atoms with Crippen LogP contribution in [0.4, 0.5) is 0 Å². The van der Waals surface area contributed by atoms with E-state index in [4.69, 9.17) is 19.9 Å². The van der Waals surface area contributed by atoms with Gasteiger partial charge in [0.05, 0.1) is 56.0 Å². The average molecular weight is 675 g/mol. The van der Waals surface area contributed by atoms with Crippen molar-refractivity contribution in [3.05, 3.63) is 157 Å². The second-order valence-electron chi connectivity index (χ2n) is 12.5. The lowest BCUT2D eigenvalue weighted by Gasteiger charge is -2.10. The maximum atomic E-state index is 11.4. The summed E-state index contributed by atoms with van der Waals surface area (Å²) in [6.45, 7) is 0. The Hall–Kier alpha value is -7.32. The Bertz CT molecular complexity index is 2710. The van der Waals surface area contributed by atoms with Crippen molar-refractivity contribution in [1.82, 2.24) is 19.9 Å². The van der Waals surface area contributed by atoms with Crippen LogP contribution in [0.3, 0.4) is 0 Å². The number of nitrogens with zero attached hydrogens (tertiary/aromatic N) is 4. The number of carboxylic acid groups (broad SMARTS) is 2. The Kier molecular flexibility index (Phi) is 7.22. The number of rotatable bonds is 6. The number of hydrogen-bond donors (Lipinski definition) is 2. The Morgan fingerprint density at radius 3 is 0.942 bits per heavy atom. The maximum Gasteiger partial charge on any atom is 0.335 e. The first-order valence-electron chi connectivity index (χ1n) is 16.6. The van der Waals surface area contributed by atoms with E-state index < -0.39 is 11.9 Å². The highest BCUT2D eigenvalue weighted by Crippen LogP contribution is 2.32. The van der Waals surface area contributed by atoms with Gasteiger partial charge in [-0.25, -0.2) is 29.5 Å². The van der Waals surface area contributed by atoms with Crippen LogP contribution in [0.2, 0.25) is 0 Å². The van der Waals surface area contributed by atoms with Gasteiger partial charge in [0.1, 0.15) is 0 Å². The number of hydrogen-bond acceptors (Lipinski definition) is 6. The molecule has 2 N–H and O–H groups in total. The fraction of sp³-hybridized carbons (Fsp3) is 0. The summed E-state index contributed by atoms with van der Waals surface area (Å²) in [4.78, 5) is 42.9. The second kappa shape index (κ2) is 12.2. The van der Waals surface area contributed by atoms with Crippen LogP contribution >= 0.6 is 0 Å². The first-order chi connectivity index (χ1) is 25.4. The molecule has 0 aliphatic rings. The maximum absolute atomic E-state index is 11.4. The molecule has 52 heavy (non-hydrogen) atoms. The van der Waals surface area contributed by atoms with E-state index in [1.807, 2.05) is 78.9 Å². The highest BCUT2D eigenvalue weighted by Gasteiger charge is 2.13. The summed E-state index contributed by atoms with van der Waals surface area (Å²) in [5, 5.41) is 22.5. The van der Waals surface area contributed by atoms with Crippen molar-refractivity contribution in [1.29, 1.82) is 0 Å². The molecule has 8 heteroatoms. The van der Waals surface area contributed by atoms with Crippen LogP contribution in [0.1, 0.15) is 20.7 Å². The molecule has 8 nitrogen and oxygen atoms in total. The topological polar surface area (TPSA) is 126 Å². The molecular formula is C44H26N4O4. The highest BCUT2D eigenvalue weighted by atomic mass is 16.4. The van der Waals surface area contributed by atoms with Crippen LogP contribution in [0, 0.1) is 0 Å². The molecule has 0 saturated heterocycles. The molecule has 0 saturated carbocycles. The van der Waals surface area contributed by atoms with Crippen LogP contribution < -0.4 is 0 Å². The normalized spacial score (nSPS) is 11.4. The molecule has 4 heterocycles. The molecule has 0 aliphatic carbocycles. The van der Waals surface area contributed by atoms with E-state index in [-0.39, 0.29) is 11.1 Å². The summed E-state index contributed by atoms with van der Waals surface area (Å²) in [7, 11) is 0. The molecule has 0 bridgehead atoms. The fourth-order valence-electron chi connectivity index (χ4n) is 6.58. The van der Waals surface area contributed by atoms with Gasteiger partial charge in [-0.2, -0.15) is 0 Å². The lowest BCUT2D eigenvalue weighted by Crippen LogP contribution is -1.95. The Morgan fingerprint density at radius 1 is 0.346 bits per heavy atom. The molecule has 0 amide bonds. The van der Waals surface area contributed by atoms with Crippen molar-refractivity contribution in [3.8, 4) is 45.0 Å². The van der Waals surface area contributed by atoms with Gasteiger partial charge in [-0.15, -0.1) is 0 Å². The zero-order valence-corrected chi connectivity index (χ0v) is 27.4. The van der Waals surface area contributed by atoms with E-state index in [0.29, 0.717) is 0 Å². The summed E-state index contributed by atoms with van der Waals surface area (Å²) < 4.78 is 0. The van der Waals surface area contributed by atoms with E-state index in [1.165, 1.54) is 0 Å². The van der Waals surface area contributed by atoms with Gasteiger partial charge < -0.3 is 10.2 Å². The molecule has 0 fully saturated rings. The zero-order valence-electron chi connectivity index (χ0n) is 27.4. The average Bonchev–Trinajstić information content (AvgIpc) is 3.20. The zero-order chi connectivity index (χ0) is 35.3. The van der Waals surface area contributed by atoms with E-state index in [0.717, 1.165) is 88.6 Å². The summed E-state index contributed by atoms with van der Waals surface area (Å²) in [6.07, 6.45) is 0. The fourth-order valence-corrected chi connectivity index (χ4v) is 6.58. The molecule has 9 rings (SSSR count). The molecule has 0 unspecified atom stereocenters. The molecule has 0 radical (unpaired) electrons. The Labute approximate surface area is 296 Å². The Balaban J connectivity index is 1.10. The predicted molar refractivity (Wildman–Crippen MR) is 203 cm³/mol. The van der Waals surface area contributed by atoms with E-state index in [2.05, 4.69) is 18.2 Å². The van der Waals surface area contributed by atoms with Gasteiger partial charge >= 0.3 is 11.9 Å². The molecule has 0 aliphatic heterocycles. The molecular weight excluding hydrogens is 649 g/mol. The molecule has 5 aromatic carbocycles. The minimum Gasteiger partial charge on any atom is -0.478 e. The lowest BCUT2D eigenvalue weighted by molar-refractivity contribution is 0.0686. The van der Waals surface area contributed by atoms with Crippen molar-refractivity contribution in [2.24, 2.45) is 0 Å². The molecule has 9 aromatic rings. The van der Waals surface area contributed by atoms with Crippen molar-refractivity contribution < 1.29 is 19.8 Å². The summed E-state index contributed by atoms with van der Waals surface area (Å²) in [6, 6.07) is 45.8. The smallest absolute Gasteiger partial charge is 0.335 e. The number of aromatic carboxylic acids is 2. The number of pyridine rings is 4. The largest absolute Gasteiger partial charge is 0.478 e. The van der Waals surface area contributed by atoms with Gasteiger partial charge in [-0.1, -0.05) is 91.0 Å². The quantitative estimate of drug-likeness (QED) is 0.167. The molecule has 0 spiro atoms. The minimum atomic E-state index is -0.968. The van der Waals surface area contributed by atoms with Gasteiger partial charge in [0.25, 0.3) is 0 Å². The monoisotopic (exact) mass is 674 g/mol. The third-order valence-electron chi connectivity index (χ3n) is 9.35. The predicted octanol–water partition coefficient (Wildman–Crippen LogP) is 9.94. The van der Waals surface area contributed by atoms with Gasteiger partial charge in [-0.3, -0.25) is 0 Å². The SMILES string of the molecule is O=C(O)c1ccc(-c2ccc3ccc4ccc(-c5cccc(-c6ccc7ccc8ccc(-c9ccc(C(=O)O)cc9)nc8c7n6)c5)nc4c3n2)cc1. The third-order valence-corrected chi connectivity index (χ3v) is 9.35. The van der Waals surface area contributed by atoms with Crippen LogP contribution in [0.5, 0.6) is 0 Å². The van der Waals surface area contributed by atoms with Crippen LogP contribution in [0.15, 0.2) is 146 Å². The highest BCUT2D eigenvalue weighted by molar-refractivity contribution is 6.05. The summed E-state index contributed by atoms with van der Waals surface area (Å²) >= 11 is 0. The van der Waals surface area contributed by atoms with Gasteiger partial charge in [0.2, 0.25) is 0 Å². The van der Waals surface area contributed by atoms with Crippen LogP contribution in [0.25, 0.3) is 88.6 Å². The van der Waals surface area contributed by atoms with Crippen LogP contribution in [-0.4, -0.2) is 42.1 Å². The lowest BCUT2D eigenvalue weighted by atomic mass is 10.0. The van der Waals surface area contributed by atoms with E-state index in [1.54, 1.807) is 48.5 Å². The Morgan fingerprint density at radius 2 is 0.635 bits per heavy atom. The summed E-state index contributed by atoms with van der Waals surface area (Å²) in [5.41, 5.74) is 10.1. The van der Waals surface area contributed by atoms with Crippen molar-refractivity contribution in [2.45, 2.75) is 0 Å². The molecule has 246 valence electrons. The number of benzene rings is 5. The number of carbonyl (C=O) groups is 2. The van der Waals surface area contributed by atoms with Gasteiger partial charge in [-0.05, 0) is 54.6 Å². The van der Waals surface area contributed by atoms with Crippen molar-refractivity contribution in [2.75, 3.05) is 0 Å². The molecule has 4 aromatic heterocycles. The second-order valence-corrected chi connectivity index (χ2v) is 12.5. The van der Waals surface area contributed by atoms with Gasteiger partial charge in [0.15, 0.2) is 0 Å². The summed E-state index contributed by atoms with van der Waals surface area (Å²) in [5.74, 6) is -1.94. The number of fused-ring (bicyclic) bond motifs is 6. The third kappa shape index (κ3) is 5.45. The van der Waals surface area contributed by atoms with E-state index in [9.17, 15) is 19.8 Å². The van der Waals surface area contributed by atoms with Crippen molar-refractivity contribution in [3.63, 3.8) is 0 Å². The number of aromatic nitrogens is 4.